The molecule has 0 aliphatic carbocycles. The van der Waals surface area contributed by atoms with Crippen molar-refractivity contribution in [1.29, 1.82) is 0 Å². The van der Waals surface area contributed by atoms with Crippen LogP contribution in [0.2, 0.25) is 0 Å². The van der Waals surface area contributed by atoms with E-state index in [1.165, 1.54) is 0 Å². The Balaban J connectivity index is 2.80. The van der Waals surface area contributed by atoms with Crippen molar-refractivity contribution in [2.45, 2.75) is 20.4 Å². The molecule has 0 amide bonds. The maximum absolute atomic E-state index is 4.19. The van der Waals surface area contributed by atoms with Crippen molar-refractivity contribution in [3.8, 4) is 0 Å². The lowest BCUT2D eigenvalue weighted by Gasteiger charge is -1.96. The van der Waals surface area contributed by atoms with E-state index in [4.69, 9.17) is 0 Å². The third kappa shape index (κ3) is 0.879. The molecule has 0 spiro atoms. The molecule has 4 heteroatoms. The van der Waals surface area contributed by atoms with E-state index in [1.807, 2.05) is 24.7 Å². The van der Waals surface area contributed by atoms with Gasteiger partial charge in [-0.05, 0) is 13.8 Å². The molecule has 0 aliphatic heterocycles. The first-order valence-electron chi connectivity index (χ1n) is 3.96. The number of aromatic nitrogens is 4. The number of hydrogen-bond acceptors (Lipinski definition) is 3. The Morgan fingerprint density at radius 1 is 1.42 bits per heavy atom. The Bertz CT molecular complexity index is 404. The molecule has 12 heavy (non-hydrogen) atoms. The van der Waals surface area contributed by atoms with Crippen LogP contribution >= 0.6 is 0 Å². The molecule has 2 heterocycles. The number of rotatable bonds is 1. The van der Waals surface area contributed by atoms with Gasteiger partial charge in [-0.25, -0.2) is 14.6 Å². The van der Waals surface area contributed by atoms with Gasteiger partial charge >= 0.3 is 0 Å². The minimum atomic E-state index is 0.847. The van der Waals surface area contributed by atoms with Gasteiger partial charge in [0.05, 0.1) is 17.3 Å². The summed E-state index contributed by atoms with van der Waals surface area (Å²) >= 11 is 0. The van der Waals surface area contributed by atoms with Crippen LogP contribution in [0.5, 0.6) is 0 Å². The fraction of sp³-hybridized carbons (Fsp3) is 0.375. The fourth-order valence-corrected chi connectivity index (χ4v) is 1.24. The van der Waals surface area contributed by atoms with Crippen LogP contribution in [0, 0.1) is 6.92 Å². The highest BCUT2D eigenvalue weighted by Gasteiger charge is 2.03. The minimum Gasteiger partial charge on any atom is -0.248 e. The van der Waals surface area contributed by atoms with E-state index in [1.54, 1.807) is 6.33 Å². The van der Waals surface area contributed by atoms with Crippen LogP contribution in [-0.2, 0) is 6.54 Å². The molecule has 0 atom stereocenters. The molecular formula is C8H10N4. The second kappa shape index (κ2) is 2.55. The maximum Gasteiger partial charge on any atom is 0.161 e. The van der Waals surface area contributed by atoms with E-state index in [9.17, 15) is 0 Å². The zero-order valence-electron chi connectivity index (χ0n) is 7.15. The molecule has 0 aliphatic rings. The van der Waals surface area contributed by atoms with Gasteiger partial charge in [-0.1, -0.05) is 0 Å². The Morgan fingerprint density at radius 3 is 3.00 bits per heavy atom. The van der Waals surface area contributed by atoms with E-state index in [2.05, 4.69) is 15.1 Å². The minimum absolute atomic E-state index is 0.847. The third-order valence-electron chi connectivity index (χ3n) is 1.93. The molecule has 2 rings (SSSR count). The molecule has 0 saturated carbocycles. The number of nitrogens with zero attached hydrogens (tertiary/aromatic N) is 4. The van der Waals surface area contributed by atoms with Crippen LogP contribution in [0.15, 0.2) is 12.5 Å². The first-order valence-corrected chi connectivity index (χ1v) is 3.96. The van der Waals surface area contributed by atoms with E-state index >= 15 is 0 Å². The van der Waals surface area contributed by atoms with Crippen LogP contribution in [0.25, 0.3) is 11.0 Å². The summed E-state index contributed by atoms with van der Waals surface area (Å²) in [6.45, 7) is 4.86. The predicted molar refractivity (Wildman–Crippen MR) is 45.7 cm³/mol. The first kappa shape index (κ1) is 7.21. The van der Waals surface area contributed by atoms with Crippen LogP contribution in [-0.4, -0.2) is 19.7 Å². The van der Waals surface area contributed by atoms with Gasteiger partial charge in [0.15, 0.2) is 5.65 Å². The predicted octanol–water partition coefficient (Wildman–Crippen LogP) is 1.15. The first-order chi connectivity index (χ1) is 5.83. The molecule has 0 radical (unpaired) electrons. The number of fused-ring (bicyclic) bond motifs is 1. The lowest BCUT2D eigenvalue weighted by Crippen LogP contribution is -1.97. The molecule has 0 saturated heterocycles. The average Bonchev–Trinajstić information content (AvgIpc) is 2.49. The molecule has 0 fully saturated rings. The van der Waals surface area contributed by atoms with Crippen molar-refractivity contribution in [2.75, 3.05) is 0 Å². The summed E-state index contributed by atoms with van der Waals surface area (Å²) in [6.07, 6.45) is 3.39. The van der Waals surface area contributed by atoms with Gasteiger partial charge in [0.25, 0.3) is 0 Å². The van der Waals surface area contributed by atoms with Crippen molar-refractivity contribution >= 4 is 11.0 Å². The summed E-state index contributed by atoms with van der Waals surface area (Å²) in [5.74, 6) is 0. The van der Waals surface area contributed by atoms with Crippen LogP contribution in [0.1, 0.15) is 12.6 Å². The SMILES string of the molecule is CCn1ncc2c(C)ncnc21. The zero-order chi connectivity index (χ0) is 8.55. The summed E-state index contributed by atoms with van der Waals surface area (Å²) < 4.78 is 1.87. The third-order valence-corrected chi connectivity index (χ3v) is 1.93. The Hall–Kier alpha value is -1.45. The Kier molecular flexibility index (Phi) is 1.53. The summed E-state index contributed by atoms with van der Waals surface area (Å²) in [4.78, 5) is 8.25. The fourth-order valence-electron chi connectivity index (χ4n) is 1.24. The van der Waals surface area contributed by atoms with E-state index < -0.39 is 0 Å². The normalized spacial score (nSPS) is 10.8. The van der Waals surface area contributed by atoms with Crippen molar-refractivity contribution in [3.63, 3.8) is 0 Å². The molecule has 0 N–H and O–H groups in total. The Labute approximate surface area is 70.3 Å². The molecular weight excluding hydrogens is 152 g/mol. The highest BCUT2D eigenvalue weighted by Crippen LogP contribution is 2.12. The van der Waals surface area contributed by atoms with Crippen molar-refractivity contribution in [2.24, 2.45) is 0 Å². The van der Waals surface area contributed by atoms with Crippen molar-refractivity contribution < 1.29 is 0 Å². The van der Waals surface area contributed by atoms with Crippen LogP contribution < -0.4 is 0 Å². The van der Waals surface area contributed by atoms with Gasteiger partial charge in [0.2, 0.25) is 0 Å². The van der Waals surface area contributed by atoms with E-state index in [0.717, 1.165) is 23.3 Å². The van der Waals surface area contributed by atoms with Gasteiger partial charge in [-0.3, -0.25) is 0 Å². The van der Waals surface area contributed by atoms with Crippen LogP contribution in [0.4, 0.5) is 0 Å². The summed E-state index contributed by atoms with van der Waals surface area (Å²) in [5, 5.41) is 5.23. The maximum atomic E-state index is 4.19. The standard InChI is InChI=1S/C8H10N4/c1-3-12-8-7(4-11-12)6(2)9-5-10-8/h4-5H,3H2,1-2H3. The van der Waals surface area contributed by atoms with Crippen molar-refractivity contribution in [1.82, 2.24) is 19.7 Å². The average molecular weight is 162 g/mol. The highest BCUT2D eigenvalue weighted by atomic mass is 15.3. The summed E-state index contributed by atoms with van der Waals surface area (Å²) in [5.41, 5.74) is 1.91. The monoisotopic (exact) mass is 162 g/mol. The molecule has 4 nitrogen and oxygen atoms in total. The second-order valence-corrected chi connectivity index (χ2v) is 2.66. The molecule has 0 unspecified atom stereocenters. The topological polar surface area (TPSA) is 43.6 Å². The molecule has 0 bridgehead atoms. The van der Waals surface area contributed by atoms with Crippen molar-refractivity contribution in [3.05, 3.63) is 18.2 Å². The summed E-state index contributed by atoms with van der Waals surface area (Å²) in [7, 11) is 0. The van der Waals surface area contributed by atoms with E-state index in [0.29, 0.717) is 0 Å². The van der Waals surface area contributed by atoms with E-state index in [-0.39, 0.29) is 0 Å². The van der Waals surface area contributed by atoms with Gasteiger partial charge in [-0.2, -0.15) is 5.10 Å². The molecule has 2 aromatic heterocycles. The number of hydrogen-bond donors (Lipinski definition) is 0. The molecule has 2 aromatic rings. The second-order valence-electron chi connectivity index (χ2n) is 2.66. The van der Waals surface area contributed by atoms with Gasteiger partial charge in [0, 0.05) is 6.54 Å². The Morgan fingerprint density at radius 2 is 2.25 bits per heavy atom. The quantitative estimate of drug-likeness (QED) is 0.631. The molecule has 0 aromatic carbocycles. The smallest absolute Gasteiger partial charge is 0.161 e. The zero-order valence-corrected chi connectivity index (χ0v) is 7.15. The molecule has 62 valence electrons. The van der Waals surface area contributed by atoms with Gasteiger partial charge in [0.1, 0.15) is 6.33 Å². The lowest BCUT2D eigenvalue weighted by atomic mass is 10.3. The largest absolute Gasteiger partial charge is 0.248 e. The highest BCUT2D eigenvalue weighted by molar-refractivity contribution is 5.76. The van der Waals surface area contributed by atoms with Gasteiger partial charge < -0.3 is 0 Å². The van der Waals surface area contributed by atoms with Gasteiger partial charge in [-0.15, -0.1) is 0 Å². The number of aryl methyl sites for hydroxylation is 2. The lowest BCUT2D eigenvalue weighted by molar-refractivity contribution is 0.676. The van der Waals surface area contributed by atoms with Crippen LogP contribution in [0.3, 0.4) is 0 Å². The summed E-state index contributed by atoms with van der Waals surface area (Å²) in [6, 6.07) is 0.